The lowest BCUT2D eigenvalue weighted by molar-refractivity contribution is -0.384. The van der Waals surface area contributed by atoms with Crippen LogP contribution in [0.3, 0.4) is 0 Å². The second kappa shape index (κ2) is 12.3. The van der Waals surface area contributed by atoms with Crippen molar-refractivity contribution in [1.29, 1.82) is 0 Å². The smallest absolute Gasteiger partial charge is 0.269 e. The van der Waals surface area contributed by atoms with Gasteiger partial charge in [-0.05, 0) is 105 Å². The largest absolute Gasteiger partial charge is 0.494 e. The number of amides is 1. The van der Waals surface area contributed by atoms with Crippen molar-refractivity contribution in [3.63, 3.8) is 0 Å². The van der Waals surface area contributed by atoms with Crippen molar-refractivity contribution in [1.82, 2.24) is 14.5 Å². The molecule has 0 bridgehead atoms. The molecule has 0 atom stereocenters. The molecule has 6 rings (SSSR count). The molecule has 0 aliphatic carbocycles. The van der Waals surface area contributed by atoms with Gasteiger partial charge in [-0.2, -0.15) is 0 Å². The molecule has 9 nitrogen and oxygen atoms in total. The van der Waals surface area contributed by atoms with E-state index < -0.39 is 4.92 Å². The lowest BCUT2D eigenvalue weighted by atomic mass is 10.1. The van der Waals surface area contributed by atoms with Gasteiger partial charge in [-0.15, -0.1) is 0 Å². The third-order valence-corrected chi connectivity index (χ3v) is 8.62. The first kappa shape index (κ1) is 29.0. The number of H-pyrrole nitrogens is 1. The molecule has 2 aromatic heterocycles. The molecule has 0 saturated carbocycles. The topological polar surface area (TPSA) is 106 Å². The van der Waals surface area contributed by atoms with Crippen molar-refractivity contribution in [3.05, 3.63) is 123 Å². The predicted octanol–water partition coefficient (Wildman–Crippen LogP) is 7.73. The molecular weight excluding hydrogens is 574 g/mol. The van der Waals surface area contributed by atoms with Gasteiger partial charge < -0.3 is 14.3 Å². The number of aliphatic imine (C=N–C) groups is 1. The highest BCUT2D eigenvalue weighted by Gasteiger charge is 2.33. The van der Waals surface area contributed by atoms with Crippen LogP contribution in [0.5, 0.6) is 5.75 Å². The summed E-state index contributed by atoms with van der Waals surface area (Å²) in [7, 11) is 0. The Kier molecular flexibility index (Phi) is 8.08. The Morgan fingerprint density at radius 1 is 1.05 bits per heavy atom. The minimum atomic E-state index is -0.442. The van der Waals surface area contributed by atoms with Crippen LogP contribution in [0.4, 0.5) is 11.4 Å². The lowest BCUT2D eigenvalue weighted by Crippen LogP contribution is -2.31. The van der Waals surface area contributed by atoms with Crippen LogP contribution in [0.25, 0.3) is 22.7 Å². The van der Waals surface area contributed by atoms with Crippen molar-refractivity contribution < 1.29 is 14.5 Å². The van der Waals surface area contributed by atoms with Gasteiger partial charge in [0.15, 0.2) is 5.17 Å². The monoisotopic (exact) mass is 605 g/mol. The van der Waals surface area contributed by atoms with Gasteiger partial charge in [-0.3, -0.25) is 19.8 Å². The highest BCUT2D eigenvalue weighted by Crippen LogP contribution is 2.36. The number of fused-ring (bicyclic) bond motifs is 1. The fraction of sp³-hybridized carbons (Fsp3) is 0.176. The predicted molar refractivity (Wildman–Crippen MR) is 176 cm³/mol. The van der Waals surface area contributed by atoms with Crippen LogP contribution in [-0.4, -0.2) is 43.6 Å². The van der Waals surface area contributed by atoms with Crippen LogP contribution in [0.1, 0.15) is 29.4 Å². The molecule has 10 heteroatoms. The summed E-state index contributed by atoms with van der Waals surface area (Å²) in [6.45, 7) is 7.09. The maximum Gasteiger partial charge on any atom is 0.269 e. The van der Waals surface area contributed by atoms with Gasteiger partial charge in [-0.25, -0.2) is 4.99 Å². The number of ether oxygens (including phenoxy) is 1. The third-order valence-electron chi connectivity index (χ3n) is 7.62. The number of aromatic amines is 1. The number of non-ortho nitro benzene ring substituents is 1. The number of nitrogens with one attached hydrogen (secondary N) is 1. The second-order valence-electron chi connectivity index (χ2n) is 10.4. The summed E-state index contributed by atoms with van der Waals surface area (Å²) >= 11 is 1.31. The van der Waals surface area contributed by atoms with Gasteiger partial charge >= 0.3 is 0 Å². The number of aryl methyl sites for hydroxylation is 1. The molecule has 1 aliphatic rings. The molecule has 0 spiro atoms. The van der Waals surface area contributed by atoms with Gasteiger partial charge in [0.2, 0.25) is 0 Å². The normalized spacial score (nSPS) is 15.2. The number of nitro benzene ring substituents is 1. The Labute approximate surface area is 259 Å². The molecule has 222 valence electrons. The molecule has 0 radical (unpaired) electrons. The van der Waals surface area contributed by atoms with E-state index in [0.717, 1.165) is 44.9 Å². The lowest BCUT2D eigenvalue weighted by Gasteiger charge is -2.15. The van der Waals surface area contributed by atoms with Gasteiger partial charge in [0.05, 0.1) is 22.1 Å². The Balaban J connectivity index is 1.32. The van der Waals surface area contributed by atoms with E-state index in [1.54, 1.807) is 17.0 Å². The number of benzene rings is 3. The minimum absolute atomic E-state index is 0.0104. The summed E-state index contributed by atoms with van der Waals surface area (Å²) in [6.07, 6.45) is 4.55. The Morgan fingerprint density at radius 2 is 1.80 bits per heavy atom. The van der Waals surface area contributed by atoms with E-state index in [1.807, 2.05) is 75.5 Å². The fourth-order valence-electron chi connectivity index (χ4n) is 5.45. The van der Waals surface area contributed by atoms with E-state index in [4.69, 9.17) is 9.73 Å². The number of carbonyl (C=O) groups is 1. The first-order chi connectivity index (χ1) is 21.3. The van der Waals surface area contributed by atoms with Crippen LogP contribution in [0.2, 0.25) is 0 Å². The highest BCUT2D eigenvalue weighted by atomic mass is 32.2. The maximum atomic E-state index is 13.9. The maximum absolute atomic E-state index is 13.9. The molecule has 1 amide bonds. The molecule has 1 fully saturated rings. The molecule has 5 aromatic rings. The zero-order chi connectivity index (χ0) is 30.8. The summed E-state index contributed by atoms with van der Waals surface area (Å²) in [5.41, 5.74) is 6.71. The Morgan fingerprint density at radius 3 is 2.52 bits per heavy atom. The van der Waals surface area contributed by atoms with E-state index in [1.165, 1.54) is 23.9 Å². The van der Waals surface area contributed by atoms with Crippen molar-refractivity contribution in [2.75, 3.05) is 13.2 Å². The van der Waals surface area contributed by atoms with E-state index in [9.17, 15) is 14.9 Å². The number of para-hydroxylation sites is 1. The number of hydrogen-bond donors (Lipinski definition) is 1. The first-order valence-electron chi connectivity index (χ1n) is 14.3. The van der Waals surface area contributed by atoms with E-state index >= 15 is 0 Å². The number of nitrogens with zero attached hydrogens (tertiary/aromatic N) is 4. The van der Waals surface area contributed by atoms with Crippen LogP contribution in [-0.2, 0) is 11.2 Å². The SMILES string of the molecule is CCOc1ccc(-n2c(C)cc(/C=C3\SC(=Nc4ccc([N+](=O)[O-])cc4)N(CCc4c[nH]c5ccccc45)C3=O)c2C)cc1. The first-order valence-corrected chi connectivity index (χ1v) is 15.2. The van der Waals surface area contributed by atoms with Crippen molar-refractivity contribution >= 4 is 51.2 Å². The summed E-state index contributed by atoms with van der Waals surface area (Å²) in [4.78, 5) is 34.9. The molecule has 3 heterocycles. The summed E-state index contributed by atoms with van der Waals surface area (Å²) in [6, 6.07) is 24.2. The summed E-state index contributed by atoms with van der Waals surface area (Å²) < 4.78 is 7.76. The standard InChI is InChI=1S/C34H31N5O4S/c1-4-43-29-15-13-27(14-16-29)38-22(2)19-25(23(38)3)20-32-33(40)37(18-17-24-21-35-31-8-6-5-7-30(24)31)34(44-32)36-26-9-11-28(12-10-26)39(41)42/h5-16,19-21,35H,4,17-18H2,1-3H3/b32-20-,36-34?. The molecular formula is C34H31N5O4S. The second-order valence-corrected chi connectivity index (χ2v) is 11.4. The number of nitro groups is 1. The number of hydrogen-bond acceptors (Lipinski definition) is 6. The van der Waals surface area contributed by atoms with Crippen molar-refractivity contribution in [2.24, 2.45) is 4.99 Å². The molecule has 44 heavy (non-hydrogen) atoms. The molecule has 0 unspecified atom stereocenters. The van der Waals surface area contributed by atoms with E-state index in [2.05, 4.69) is 21.7 Å². The van der Waals surface area contributed by atoms with Crippen molar-refractivity contribution in [3.8, 4) is 11.4 Å². The number of carbonyl (C=O) groups excluding carboxylic acids is 1. The van der Waals surface area contributed by atoms with Crippen LogP contribution in [0.15, 0.2) is 95.0 Å². The van der Waals surface area contributed by atoms with Crippen LogP contribution >= 0.6 is 11.8 Å². The number of amidine groups is 1. The molecule has 1 aliphatic heterocycles. The third kappa shape index (κ3) is 5.76. The Hall–Kier alpha value is -5.09. The zero-order valence-corrected chi connectivity index (χ0v) is 25.4. The van der Waals surface area contributed by atoms with Gasteiger partial charge in [0.25, 0.3) is 11.6 Å². The van der Waals surface area contributed by atoms with E-state index in [-0.39, 0.29) is 11.6 Å². The molecule has 1 saturated heterocycles. The Bertz CT molecular complexity index is 1920. The summed E-state index contributed by atoms with van der Waals surface area (Å²) in [5.74, 6) is 0.697. The van der Waals surface area contributed by atoms with Crippen LogP contribution in [0, 0.1) is 24.0 Å². The quantitative estimate of drug-likeness (QED) is 0.105. The molecule has 1 N–H and O–H groups in total. The molecule has 3 aromatic carbocycles. The highest BCUT2D eigenvalue weighted by molar-refractivity contribution is 8.18. The minimum Gasteiger partial charge on any atom is -0.494 e. The number of thioether (sulfide) groups is 1. The number of aromatic nitrogens is 2. The van der Waals surface area contributed by atoms with Gasteiger partial charge in [0.1, 0.15) is 5.75 Å². The number of rotatable bonds is 9. The van der Waals surface area contributed by atoms with Crippen LogP contribution < -0.4 is 4.74 Å². The fourth-order valence-corrected chi connectivity index (χ4v) is 6.46. The summed E-state index contributed by atoms with van der Waals surface area (Å²) in [5, 5.41) is 12.8. The average Bonchev–Trinajstić information content (AvgIpc) is 3.65. The zero-order valence-electron chi connectivity index (χ0n) is 24.6. The van der Waals surface area contributed by atoms with Gasteiger partial charge in [0, 0.05) is 52.9 Å². The van der Waals surface area contributed by atoms with E-state index in [0.29, 0.717) is 35.3 Å². The average molecular weight is 606 g/mol. The van der Waals surface area contributed by atoms with Crippen molar-refractivity contribution in [2.45, 2.75) is 27.2 Å². The van der Waals surface area contributed by atoms with Gasteiger partial charge in [-0.1, -0.05) is 18.2 Å².